The first-order valence-electron chi connectivity index (χ1n) is 26.3. The molecule has 1 aliphatic carbocycles. The summed E-state index contributed by atoms with van der Waals surface area (Å²) < 4.78 is 9.56. The van der Waals surface area contributed by atoms with E-state index in [9.17, 15) is 24.3 Å². The number of piperazine rings is 1. The van der Waals surface area contributed by atoms with Crippen LogP contribution in [-0.4, -0.2) is 98.3 Å². The van der Waals surface area contributed by atoms with Gasteiger partial charge in [-0.25, -0.2) is 14.8 Å². The molecule has 4 aromatic carbocycles. The molecule has 2 atom stereocenters. The fraction of sp³-hybridized carbons (Fsp3) is 0.397. The maximum atomic E-state index is 13.7. The van der Waals surface area contributed by atoms with Crippen LogP contribution in [0.15, 0.2) is 91.0 Å². The van der Waals surface area contributed by atoms with Crippen LogP contribution in [0.4, 0.5) is 16.6 Å². The Morgan fingerprint density at radius 2 is 1.70 bits per heavy atom. The number of aromatic nitrogens is 4. The number of aryl methyl sites for hydroxylation is 1. The van der Waals surface area contributed by atoms with Crippen molar-refractivity contribution < 1.29 is 29.0 Å². The zero-order valence-corrected chi connectivity index (χ0v) is 43.1. The second kappa shape index (κ2) is 21.0. The molecule has 4 aliphatic rings. The van der Waals surface area contributed by atoms with Crippen LogP contribution in [0, 0.1) is 12.8 Å². The van der Waals surface area contributed by atoms with Crippen molar-refractivity contribution in [2.75, 3.05) is 47.8 Å². The molecule has 6 heterocycles. The summed E-state index contributed by atoms with van der Waals surface area (Å²) in [7, 11) is 1.92. The van der Waals surface area contributed by atoms with E-state index in [1.54, 1.807) is 0 Å². The molecule has 15 nitrogen and oxygen atoms in total. The van der Waals surface area contributed by atoms with Crippen molar-refractivity contribution in [1.82, 2.24) is 30.0 Å². The number of imide groups is 1. The molecule has 3 aliphatic heterocycles. The van der Waals surface area contributed by atoms with E-state index in [1.165, 1.54) is 36.3 Å². The summed E-state index contributed by atoms with van der Waals surface area (Å²) in [4.78, 5) is 67.5. The Bertz CT molecular complexity index is 3250. The van der Waals surface area contributed by atoms with Gasteiger partial charge in [-0.15, -0.1) is 0 Å². The van der Waals surface area contributed by atoms with Crippen LogP contribution in [0.3, 0.4) is 0 Å². The number of rotatable bonds is 14. The predicted octanol–water partition coefficient (Wildman–Crippen LogP) is 9.91. The fourth-order valence-electron chi connectivity index (χ4n) is 11.8. The first-order chi connectivity index (χ1) is 35.9. The van der Waals surface area contributed by atoms with Crippen LogP contribution < -0.4 is 25.2 Å². The number of benzene rings is 4. The Kier molecular flexibility index (Phi) is 13.9. The van der Waals surface area contributed by atoms with Gasteiger partial charge in [-0.3, -0.25) is 34.6 Å². The quantitative estimate of drug-likeness (QED) is 0.0696. The van der Waals surface area contributed by atoms with Crippen LogP contribution in [0.5, 0.6) is 5.75 Å². The average Bonchev–Trinajstić information content (AvgIpc) is 3.97. The Balaban J connectivity index is 0.655. The number of piperidine rings is 1. The van der Waals surface area contributed by atoms with Gasteiger partial charge < -0.3 is 19.6 Å². The van der Waals surface area contributed by atoms with Crippen molar-refractivity contribution in [3.63, 3.8) is 0 Å². The lowest BCUT2D eigenvalue weighted by Gasteiger charge is -2.41. The van der Waals surface area contributed by atoms with Crippen molar-refractivity contribution in [1.29, 1.82) is 0 Å². The van der Waals surface area contributed by atoms with E-state index in [0.29, 0.717) is 66.4 Å². The van der Waals surface area contributed by atoms with Crippen molar-refractivity contribution in [2.24, 2.45) is 13.0 Å². The van der Waals surface area contributed by atoms with Crippen molar-refractivity contribution in [3.8, 4) is 16.9 Å². The number of unbranched alkanes of at least 4 members (excludes halogenated alkanes) is 1. The van der Waals surface area contributed by atoms with Crippen LogP contribution in [0.2, 0.25) is 0 Å². The van der Waals surface area contributed by atoms with Gasteiger partial charge in [0.25, 0.3) is 5.91 Å². The molecule has 3 aromatic heterocycles. The molecule has 11 rings (SSSR count). The number of fused-ring (bicyclic) bond motifs is 3. The third-order valence-electron chi connectivity index (χ3n) is 16.0. The van der Waals surface area contributed by atoms with Crippen LogP contribution in [0.25, 0.3) is 32.2 Å². The van der Waals surface area contributed by atoms with E-state index in [2.05, 4.69) is 61.5 Å². The van der Waals surface area contributed by atoms with E-state index >= 15 is 0 Å². The number of carboxylic acid groups (broad SMARTS) is 1. The number of para-hydroxylation sites is 1. The van der Waals surface area contributed by atoms with Crippen molar-refractivity contribution >= 4 is 72.8 Å². The summed E-state index contributed by atoms with van der Waals surface area (Å²) in [5.74, 6) is -0.188. The number of carbonyl (C=O) groups excluding carboxylic acids is 3. The molecule has 0 spiro atoms. The van der Waals surface area contributed by atoms with Crippen LogP contribution in [0.1, 0.15) is 114 Å². The van der Waals surface area contributed by atoms with Gasteiger partial charge in [0.15, 0.2) is 10.8 Å². The van der Waals surface area contributed by atoms with E-state index in [4.69, 9.17) is 14.8 Å². The summed E-state index contributed by atoms with van der Waals surface area (Å²) in [5.41, 5.74) is 8.52. The Morgan fingerprint density at radius 1 is 0.865 bits per heavy atom. The lowest BCUT2D eigenvalue weighted by molar-refractivity contribution is -0.134. The fourth-order valence-corrected chi connectivity index (χ4v) is 12.7. The summed E-state index contributed by atoms with van der Waals surface area (Å²) >= 11 is 1.44. The monoisotopic (exact) mass is 1010 g/mol. The number of amides is 3. The topological polar surface area (TPSA) is 175 Å². The van der Waals surface area contributed by atoms with Gasteiger partial charge >= 0.3 is 5.97 Å². The standard InChI is InChI=1S/C58H63N9O6S/c1-35-33-66(39-19-22-44-48(32-39)64(3)63-53(44)45-24-26-52(68)61-56(45)70)31-30-65(35)28-7-6-10-37-17-20-40(21-18-37)73-49-15-9-12-41(36(49)2)42-23-25-51(60-54(42)57(71)72)67-29-27-38-11-8-13-43(46(38)34-67)55(69)62-58-59-47-14-4-5-16-50(47)74-58/h4-5,8-9,11-16,19,22-23,25,32,35,37,40,45H,6-7,10,17-18,20-21,24,26-31,33-34H2,1-3H3,(H,71,72)(H,59,62,69)(H,61,68,70)/t35-,37-,40-,45?/m0/s1. The third-order valence-corrected chi connectivity index (χ3v) is 16.9. The normalized spacial score (nSPS) is 20.4. The predicted molar refractivity (Wildman–Crippen MR) is 289 cm³/mol. The Morgan fingerprint density at radius 3 is 2.51 bits per heavy atom. The molecule has 2 saturated heterocycles. The number of hydrogen-bond donors (Lipinski definition) is 3. The number of anilines is 3. The van der Waals surface area contributed by atoms with Gasteiger partial charge in [0.2, 0.25) is 11.8 Å². The van der Waals surface area contributed by atoms with Crippen LogP contribution >= 0.6 is 11.3 Å². The maximum absolute atomic E-state index is 13.7. The van der Waals surface area contributed by atoms with Gasteiger partial charge in [0.1, 0.15) is 11.6 Å². The zero-order valence-electron chi connectivity index (χ0n) is 42.3. The minimum Gasteiger partial charge on any atom is -0.490 e. The molecule has 7 aromatic rings. The van der Waals surface area contributed by atoms with Crippen molar-refractivity contribution in [2.45, 2.75) is 103 Å². The maximum Gasteiger partial charge on any atom is 0.355 e. The summed E-state index contributed by atoms with van der Waals surface area (Å²) in [6.07, 6.45) is 9.52. The number of nitrogens with zero attached hydrogens (tertiary/aromatic N) is 7. The third kappa shape index (κ3) is 10.1. The highest BCUT2D eigenvalue weighted by Crippen LogP contribution is 2.38. The highest BCUT2D eigenvalue weighted by atomic mass is 32.1. The second-order valence-corrected chi connectivity index (χ2v) is 21.7. The summed E-state index contributed by atoms with van der Waals surface area (Å²) in [5, 5.41) is 22.3. The Labute approximate surface area is 434 Å². The van der Waals surface area contributed by atoms with E-state index in [1.807, 2.05) is 85.4 Å². The molecule has 1 saturated carbocycles. The van der Waals surface area contributed by atoms with Gasteiger partial charge in [0, 0.05) is 74.4 Å². The lowest BCUT2D eigenvalue weighted by Crippen LogP contribution is -2.52. The van der Waals surface area contributed by atoms with Gasteiger partial charge in [-0.1, -0.05) is 60.6 Å². The molecule has 3 amide bonds. The largest absolute Gasteiger partial charge is 0.490 e. The SMILES string of the molecule is Cc1c(O[C@H]2CC[C@H](CCCCN3CCN(c4ccc5c(C6CCC(=O)NC6=O)nn(C)c5c4)C[C@@H]3C)CC2)cccc1-c1ccc(N2CCc3cccc(C(=O)Nc4nc5ccccc5s4)c3C2)nc1C(=O)O. The lowest BCUT2D eigenvalue weighted by atomic mass is 9.84. The van der Waals surface area contributed by atoms with Gasteiger partial charge in [0.05, 0.1) is 33.4 Å². The number of hydrogen-bond acceptors (Lipinski definition) is 12. The van der Waals surface area contributed by atoms with E-state index in [0.717, 1.165) is 107 Å². The number of ether oxygens (including phenoxy) is 1. The van der Waals surface area contributed by atoms with Gasteiger partial charge in [-0.2, -0.15) is 5.10 Å². The molecule has 3 N–H and O–H groups in total. The molecule has 382 valence electrons. The van der Waals surface area contributed by atoms with Crippen molar-refractivity contribution in [3.05, 3.63) is 125 Å². The summed E-state index contributed by atoms with van der Waals surface area (Å²) in [6, 6.07) is 30.1. The first kappa shape index (κ1) is 49.1. The van der Waals surface area contributed by atoms with E-state index in [-0.39, 0.29) is 29.5 Å². The van der Waals surface area contributed by atoms with Crippen LogP contribution in [-0.2, 0) is 29.6 Å². The highest BCUT2D eigenvalue weighted by molar-refractivity contribution is 7.22. The molecule has 0 radical (unpaired) electrons. The molecule has 1 unspecified atom stereocenters. The number of aromatic carboxylic acids is 1. The van der Waals surface area contributed by atoms with E-state index < -0.39 is 11.9 Å². The second-order valence-electron chi connectivity index (χ2n) is 20.7. The first-order valence-corrected chi connectivity index (χ1v) is 27.1. The molecular formula is C58H63N9O6S. The zero-order chi connectivity index (χ0) is 51.0. The number of nitrogens with one attached hydrogen (secondary N) is 2. The number of carboxylic acids is 1. The average molecular weight is 1010 g/mol. The number of thiazole rings is 1. The molecule has 3 fully saturated rings. The number of pyridine rings is 1. The number of carbonyl (C=O) groups is 4. The minimum atomic E-state index is -1.10. The minimum absolute atomic E-state index is 0.0174. The Hall–Kier alpha value is -7.17. The molecule has 16 heteroatoms. The highest BCUT2D eigenvalue weighted by Gasteiger charge is 2.33. The molecular weight excluding hydrogens is 951 g/mol. The smallest absolute Gasteiger partial charge is 0.355 e. The molecule has 74 heavy (non-hydrogen) atoms. The summed E-state index contributed by atoms with van der Waals surface area (Å²) in [6.45, 7) is 9.40. The molecule has 0 bridgehead atoms. The van der Waals surface area contributed by atoms with Gasteiger partial charge in [-0.05, 0) is 148 Å².